The normalized spacial score (nSPS) is 13.2. The fourth-order valence-electron chi connectivity index (χ4n) is 1.98. The number of benzene rings is 1. The molecule has 2 rings (SSSR count). The summed E-state index contributed by atoms with van der Waals surface area (Å²) in [6.45, 7) is 1.61. The largest absolute Gasteiger partial charge is 0.395 e. The maximum absolute atomic E-state index is 12.2. The number of aromatic nitrogens is 2. The van der Waals surface area contributed by atoms with Gasteiger partial charge in [0.2, 0.25) is 0 Å². The van der Waals surface area contributed by atoms with Crippen LogP contribution in [0.2, 0.25) is 0 Å². The summed E-state index contributed by atoms with van der Waals surface area (Å²) in [6, 6.07) is 8.84. The topological polar surface area (TPSA) is 95.1 Å². The number of nitrogens with one attached hydrogen (secondary N) is 2. The molecule has 1 aromatic heterocycles. The van der Waals surface area contributed by atoms with Crippen LogP contribution in [0.1, 0.15) is 18.3 Å². The predicted molar refractivity (Wildman–Crippen MR) is 79.3 cm³/mol. The van der Waals surface area contributed by atoms with Gasteiger partial charge in [-0.15, -0.1) is 0 Å². The molecule has 6 nitrogen and oxygen atoms in total. The van der Waals surface area contributed by atoms with E-state index in [1.165, 1.54) is 6.20 Å². The lowest BCUT2D eigenvalue weighted by Crippen LogP contribution is -2.39. The number of aromatic amines is 1. The summed E-state index contributed by atoms with van der Waals surface area (Å²) in [5.74, 6) is 0.610. The fraction of sp³-hybridized carbons (Fsp3) is 0.357. The van der Waals surface area contributed by atoms with Crippen molar-refractivity contribution in [2.24, 2.45) is 0 Å². The van der Waals surface area contributed by atoms with E-state index in [-0.39, 0.29) is 11.6 Å². The van der Waals surface area contributed by atoms with Crippen LogP contribution in [0.15, 0.2) is 41.6 Å². The van der Waals surface area contributed by atoms with Crippen molar-refractivity contribution < 1.29 is 13.5 Å². The highest BCUT2D eigenvalue weighted by Crippen LogP contribution is 2.09. The van der Waals surface area contributed by atoms with Crippen LogP contribution in [0.5, 0.6) is 0 Å². The summed E-state index contributed by atoms with van der Waals surface area (Å²) in [4.78, 5) is 6.73. The molecule has 0 aliphatic heterocycles. The number of imidazole rings is 1. The highest BCUT2D eigenvalue weighted by molar-refractivity contribution is 7.89. The van der Waals surface area contributed by atoms with Gasteiger partial charge in [-0.05, 0) is 12.0 Å². The molecule has 0 saturated heterocycles. The molecule has 0 radical (unpaired) electrons. The van der Waals surface area contributed by atoms with Crippen molar-refractivity contribution in [3.8, 4) is 0 Å². The fourth-order valence-corrected chi connectivity index (χ4v) is 3.15. The average molecular weight is 309 g/mol. The van der Waals surface area contributed by atoms with Gasteiger partial charge in [0.25, 0.3) is 10.0 Å². The zero-order chi connectivity index (χ0) is 15.3. The van der Waals surface area contributed by atoms with Gasteiger partial charge >= 0.3 is 0 Å². The zero-order valence-electron chi connectivity index (χ0n) is 11.8. The van der Waals surface area contributed by atoms with E-state index in [2.05, 4.69) is 14.7 Å². The molecule has 0 aliphatic rings. The van der Waals surface area contributed by atoms with E-state index in [0.29, 0.717) is 18.7 Å². The van der Waals surface area contributed by atoms with E-state index >= 15 is 0 Å². The molecular weight excluding hydrogens is 290 g/mol. The van der Waals surface area contributed by atoms with Crippen molar-refractivity contribution >= 4 is 10.0 Å². The zero-order valence-corrected chi connectivity index (χ0v) is 12.6. The Labute approximate surface area is 124 Å². The highest BCUT2D eigenvalue weighted by atomic mass is 32.2. The molecule has 0 spiro atoms. The number of hydrogen-bond donors (Lipinski definition) is 3. The summed E-state index contributed by atoms with van der Waals surface area (Å²) in [5.41, 5.74) is 0.957. The van der Waals surface area contributed by atoms with Crippen molar-refractivity contribution in [1.82, 2.24) is 14.7 Å². The third kappa shape index (κ3) is 4.13. The van der Waals surface area contributed by atoms with E-state index in [4.69, 9.17) is 0 Å². The van der Waals surface area contributed by atoms with Crippen LogP contribution < -0.4 is 4.72 Å². The Bertz CT molecular complexity index is 668. The lowest BCUT2D eigenvalue weighted by atomic mass is 10.1. The quantitative estimate of drug-likeness (QED) is 0.707. The Kier molecular flexibility index (Phi) is 5.11. The van der Waals surface area contributed by atoms with Crippen LogP contribution >= 0.6 is 0 Å². The van der Waals surface area contributed by atoms with Gasteiger partial charge in [-0.25, -0.2) is 18.1 Å². The molecule has 0 aliphatic carbocycles. The maximum Gasteiger partial charge on any atom is 0.257 e. The van der Waals surface area contributed by atoms with Crippen LogP contribution in [-0.4, -0.2) is 36.1 Å². The Morgan fingerprint density at radius 3 is 2.62 bits per heavy atom. The van der Waals surface area contributed by atoms with Crippen LogP contribution in [0.3, 0.4) is 0 Å². The first-order valence-corrected chi connectivity index (χ1v) is 8.24. The van der Waals surface area contributed by atoms with Crippen molar-refractivity contribution in [3.63, 3.8) is 0 Å². The minimum absolute atomic E-state index is 0.0193. The van der Waals surface area contributed by atoms with Gasteiger partial charge in [0.15, 0.2) is 5.03 Å². The van der Waals surface area contributed by atoms with Crippen LogP contribution in [0.25, 0.3) is 0 Å². The second kappa shape index (κ2) is 6.84. The highest BCUT2D eigenvalue weighted by Gasteiger charge is 2.21. The number of sulfonamides is 1. The Balaban J connectivity index is 2.10. The van der Waals surface area contributed by atoms with E-state index in [9.17, 15) is 13.5 Å². The van der Waals surface area contributed by atoms with E-state index in [1.807, 2.05) is 37.3 Å². The van der Waals surface area contributed by atoms with Crippen LogP contribution in [0, 0.1) is 0 Å². The molecule has 1 aromatic carbocycles. The summed E-state index contributed by atoms with van der Waals surface area (Å²) < 4.78 is 27.0. The Morgan fingerprint density at radius 1 is 1.33 bits per heavy atom. The van der Waals surface area contributed by atoms with Crippen molar-refractivity contribution in [3.05, 3.63) is 47.9 Å². The van der Waals surface area contributed by atoms with Gasteiger partial charge in [0.1, 0.15) is 5.82 Å². The monoisotopic (exact) mass is 309 g/mol. The molecule has 1 atom stereocenters. The number of aliphatic hydroxyl groups excluding tert-OH is 1. The standard InChI is InChI=1S/C14H19N3O3S/c1-2-13-15-9-14(16-13)21(19,20)17-12(10-18)8-11-6-4-3-5-7-11/h3-7,9,12,17-18H,2,8,10H2,1H3,(H,15,16)/t12-/m0/s1. The minimum Gasteiger partial charge on any atom is -0.395 e. The molecule has 0 unspecified atom stereocenters. The van der Waals surface area contributed by atoms with Gasteiger partial charge in [-0.2, -0.15) is 0 Å². The number of rotatable bonds is 7. The van der Waals surface area contributed by atoms with Gasteiger partial charge in [0.05, 0.1) is 12.8 Å². The lowest BCUT2D eigenvalue weighted by Gasteiger charge is -2.15. The number of aryl methyl sites for hydroxylation is 1. The smallest absolute Gasteiger partial charge is 0.257 e. The molecule has 3 N–H and O–H groups in total. The molecule has 1 heterocycles. The third-order valence-corrected chi connectivity index (χ3v) is 4.53. The van der Waals surface area contributed by atoms with Crippen LogP contribution in [0.4, 0.5) is 0 Å². The molecule has 0 bridgehead atoms. The predicted octanol–water partition coefficient (Wildman–Crippen LogP) is 0.854. The van der Waals surface area contributed by atoms with E-state index in [1.54, 1.807) is 0 Å². The molecular formula is C14H19N3O3S. The number of nitrogens with zero attached hydrogens (tertiary/aromatic N) is 1. The molecule has 0 amide bonds. The number of hydrogen-bond acceptors (Lipinski definition) is 4. The van der Waals surface area contributed by atoms with Crippen molar-refractivity contribution in [1.29, 1.82) is 0 Å². The maximum atomic E-state index is 12.2. The minimum atomic E-state index is -3.71. The molecule has 21 heavy (non-hydrogen) atoms. The molecule has 0 saturated carbocycles. The average Bonchev–Trinajstić information content (AvgIpc) is 2.97. The number of aliphatic hydroxyl groups is 1. The summed E-state index contributed by atoms with van der Waals surface area (Å²) >= 11 is 0. The number of H-pyrrole nitrogens is 1. The summed E-state index contributed by atoms with van der Waals surface area (Å²) in [7, 11) is -3.71. The van der Waals surface area contributed by atoms with E-state index in [0.717, 1.165) is 5.56 Å². The molecule has 7 heteroatoms. The van der Waals surface area contributed by atoms with Crippen LogP contribution in [-0.2, 0) is 22.9 Å². The molecule has 114 valence electrons. The molecule has 2 aromatic rings. The van der Waals surface area contributed by atoms with Crippen molar-refractivity contribution in [2.45, 2.75) is 30.8 Å². The van der Waals surface area contributed by atoms with Gasteiger partial charge in [-0.1, -0.05) is 37.3 Å². The summed E-state index contributed by atoms with van der Waals surface area (Å²) in [5, 5.41) is 9.42. The summed E-state index contributed by atoms with van der Waals surface area (Å²) in [6.07, 6.45) is 2.34. The second-order valence-corrected chi connectivity index (χ2v) is 6.42. The lowest BCUT2D eigenvalue weighted by molar-refractivity contribution is 0.256. The van der Waals surface area contributed by atoms with Crippen molar-refractivity contribution in [2.75, 3.05) is 6.61 Å². The van der Waals surface area contributed by atoms with E-state index < -0.39 is 16.1 Å². The first-order chi connectivity index (χ1) is 10.0. The van der Waals surface area contributed by atoms with Gasteiger partial charge < -0.3 is 10.1 Å². The van der Waals surface area contributed by atoms with Gasteiger partial charge in [0, 0.05) is 12.5 Å². The Hall–Kier alpha value is -1.70. The third-order valence-electron chi connectivity index (χ3n) is 3.10. The van der Waals surface area contributed by atoms with Gasteiger partial charge in [-0.3, -0.25) is 0 Å². The first-order valence-electron chi connectivity index (χ1n) is 6.76. The SMILES string of the molecule is CCc1ncc(S(=O)(=O)N[C@H](CO)Cc2ccccc2)[nH]1. The Morgan fingerprint density at radius 2 is 2.05 bits per heavy atom. The molecule has 0 fully saturated rings. The first kappa shape index (κ1) is 15.7. The second-order valence-electron chi connectivity index (χ2n) is 4.74.